The molecule has 1 nitrogen and oxygen atoms in total. The van der Waals surface area contributed by atoms with E-state index in [-0.39, 0.29) is 6.04 Å². The summed E-state index contributed by atoms with van der Waals surface area (Å²) in [6.07, 6.45) is 5.35. The first-order chi connectivity index (χ1) is 9.83. The molecule has 1 aliphatic carbocycles. The van der Waals surface area contributed by atoms with Gasteiger partial charge in [-0.3, -0.25) is 0 Å². The highest BCUT2D eigenvalue weighted by molar-refractivity contribution is 5.45. The van der Waals surface area contributed by atoms with E-state index in [0.717, 1.165) is 44.2 Å². The Morgan fingerprint density at radius 1 is 1.05 bits per heavy atom. The lowest BCUT2D eigenvalue weighted by molar-refractivity contribution is 0.147. The van der Waals surface area contributed by atoms with Gasteiger partial charge in [0.25, 0.3) is 0 Å². The summed E-state index contributed by atoms with van der Waals surface area (Å²) < 4.78 is 39.3. The number of halogens is 3. The molecule has 0 unspecified atom stereocenters. The molecule has 0 spiro atoms. The topological polar surface area (TPSA) is 12.0 Å². The molecule has 118 valence electrons. The van der Waals surface area contributed by atoms with Gasteiger partial charge in [-0.15, -0.1) is 0 Å². The zero-order valence-corrected chi connectivity index (χ0v) is 13.0. The predicted octanol–water partition coefficient (Wildman–Crippen LogP) is 5.51. The minimum Gasteiger partial charge on any atom is -0.382 e. The van der Waals surface area contributed by atoms with Crippen LogP contribution in [0.1, 0.15) is 52.9 Å². The van der Waals surface area contributed by atoms with Gasteiger partial charge in [-0.2, -0.15) is 0 Å². The van der Waals surface area contributed by atoms with Crippen molar-refractivity contribution in [3.05, 3.63) is 29.6 Å². The van der Waals surface area contributed by atoms with Crippen LogP contribution in [0.3, 0.4) is 0 Å². The van der Waals surface area contributed by atoms with Crippen molar-refractivity contribution < 1.29 is 13.2 Å². The second kappa shape index (κ2) is 6.29. The van der Waals surface area contributed by atoms with Crippen molar-refractivity contribution in [1.29, 1.82) is 0 Å². The van der Waals surface area contributed by atoms with E-state index in [9.17, 15) is 13.2 Å². The zero-order chi connectivity index (χ0) is 15.6. The summed E-state index contributed by atoms with van der Waals surface area (Å²) in [5.41, 5.74) is 0.670. The van der Waals surface area contributed by atoms with Gasteiger partial charge >= 0.3 is 0 Å². The second-order valence-corrected chi connectivity index (χ2v) is 6.79. The molecule has 0 amide bonds. The SMILES string of the molecule is CCC(C)(C)C1CCC(Nc2cc(F)c(F)c(F)c2)CC1. The number of hydrogen-bond donors (Lipinski definition) is 1. The lowest BCUT2D eigenvalue weighted by Crippen LogP contribution is -2.32. The molecule has 1 aromatic carbocycles. The maximum absolute atomic E-state index is 13.2. The molecule has 0 aromatic heterocycles. The monoisotopic (exact) mass is 299 g/mol. The van der Waals surface area contributed by atoms with Crippen molar-refractivity contribution in [3.63, 3.8) is 0 Å². The van der Waals surface area contributed by atoms with Crippen LogP contribution >= 0.6 is 0 Å². The van der Waals surface area contributed by atoms with Crippen LogP contribution in [-0.2, 0) is 0 Å². The van der Waals surface area contributed by atoms with Gasteiger partial charge in [0.2, 0.25) is 0 Å². The molecule has 0 heterocycles. The lowest BCUT2D eigenvalue weighted by atomic mass is 9.69. The normalized spacial score (nSPS) is 23.1. The smallest absolute Gasteiger partial charge is 0.194 e. The van der Waals surface area contributed by atoms with Crippen molar-refractivity contribution in [3.8, 4) is 0 Å². The summed E-state index contributed by atoms with van der Waals surface area (Å²) in [7, 11) is 0. The Kier molecular flexibility index (Phi) is 4.84. The molecule has 1 saturated carbocycles. The van der Waals surface area contributed by atoms with Crippen LogP contribution in [0.15, 0.2) is 12.1 Å². The summed E-state index contributed by atoms with van der Waals surface area (Å²) in [4.78, 5) is 0. The molecule has 1 aliphatic rings. The molecule has 0 saturated heterocycles. The zero-order valence-electron chi connectivity index (χ0n) is 13.0. The molecule has 21 heavy (non-hydrogen) atoms. The summed E-state index contributed by atoms with van der Waals surface area (Å²) in [6.45, 7) is 6.82. The third-order valence-electron chi connectivity index (χ3n) is 5.10. The average Bonchev–Trinajstić information content (AvgIpc) is 2.45. The number of benzene rings is 1. The highest BCUT2D eigenvalue weighted by atomic mass is 19.2. The van der Waals surface area contributed by atoms with Gasteiger partial charge in [-0.25, -0.2) is 13.2 Å². The Morgan fingerprint density at radius 2 is 1.57 bits per heavy atom. The summed E-state index contributed by atoms with van der Waals surface area (Å²) in [5, 5.41) is 3.13. The maximum atomic E-state index is 13.2. The van der Waals surface area contributed by atoms with Crippen molar-refractivity contribution in [2.45, 2.75) is 58.9 Å². The molecule has 0 atom stereocenters. The van der Waals surface area contributed by atoms with Crippen LogP contribution in [0.5, 0.6) is 0 Å². The number of nitrogens with one attached hydrogen (secondary N) is 1. The quantitative estimate of drug-likeness (QED) is 0.723. The Hall–Kier alpha value is -1.19. The van der Waals surface area contributed by atoms with Gasteiger partial charge in [-0.1, -0.05) is 27.2 Å². The van der Waals surface area contributed by atoms with Crippen LogP contribution in [0.4, 0.5) is 18.9 Å². The Labute approximate surface area is 124 Å². The molecule has 2 rings (SSSR count). The van der Waals surface area contributed by atoms with Gasteiger partial charge < -0.3 is 5.32 Å². The van der Waals surface area contributed by atoms with Crippen LogP contribution in [-0.4, -0.2) is 6.04 Å². The average molecular weight is 299 g/mol. The van der Waals surface area contributed by atoms with Gasteiger partial charge in [0, 0.05) is 23.9 Å². The minimum absolute atomic E-state index is 0.207. The highest BCUT2D eigenvalue weighted by Gasteiger charge is 2.31. The first kappa shape index (κ1) is 16.2. The van der Waals surface area contributed by atoms with Gasteiger partial charge in [0.05, 0.1) is 0 Å². The second-order valence-electron chi connectivity index (χ2n) is 6.79. The number of hydrogen-bond acceptors (Lipinski definition) is 1. The van der Waals surface area contributed by atoms with Crippen LogP contribution in [0, 0.1) is 28.8 Å². The summed E-state index contributed by atoms with van der Waals surface area (Å²) >= 11 is 0. The van der Waals surface area contributed by atoms with Crippen molar-refractivity contribution >= 4 is 5.69 Å². The molecule has 4 heteroatoms. The fourth-order valence-electron chi connectivity index (χ4n) is 3.18. The maximum Gasteiger partial charge on any atom is 0.194 e. The van der Waals surface area contributed by atoms with Crippen LogP contribution < -0.4 is 5.32 Å². The molecule has 1 N–H and O–H groups in total. The van der Waals surface area contributed by atoms with E-state index in [0.29, 0.717) is 17.0 Å². The first-order valence-corrected chi connectivity index (χ1v) is 7.74. The van der Waals surface area contributed by atoms with E-state index in [1.54, 1.807) is 0 Å². The Bertz CT molecular complexity index is 468. The lowest BCUT2D eigenvalue weighted by Gasteiger charge is -2.39. The molecule has 1 fully saturated rings. The molecular weight excluding hydrogens is 275 g/mol. The standard InChI is InChI=1S/C17H24F3N/c1-4-17(2,3)11-5-7-12(8-6-11)21-13-9-14(18)16(20)15(19)10-13/h9-12,21H,4-8H2,1-3H3. The van der Waals surface area contributed by atoms with E-state index >= 15 is 0 Å². The van der Waals surface area contributed by atoms with Gasteiger partial charge in [0.15, 0.2) is 17.5 Å². The van der Waals surface area contributed by atoms with Crippen molar-refractivity contribution in [2.24, 2.45) is 11.3 Å². The van der Waals surface area contributed by atoms with Gasteiger partial charge in [-0.05, 0) is 37.0 Å². The fraction of sp³-hybridized carbons (Fsp3) is 0.647. The van der Waals surface area contributed by atoms with E-state index in [1.807, 2.05) is 0 Å². The molecule has 0 radical (unpaired) electrons. The third kappa shape index (κ3) is 3.72. The first-order valence-electron chi connectivity index (χ1n) is 7.74. The minimum atomic E-state index is -1.41. The van der Waals surface area contributed by atoms with E-state index in [4.69, 9.17) is 0 Å². The van der Waals surface area contributed by atoms with Crippen LogP contribution in [0.2, 0.25) is 0 Å². The summed E-state index contributed by atoms with van der Waals surface area (Å²) in [6, 6.07) is 2.26. The van der Waals surface area contributed by atoms with E-state index in [2.05, 4.69) is 26.1 Å². The predicted molar refractivity (Wildman–Crippen MR) is 79.8 cm³/mol. The Morgan fingerprint density at radius 3 is 2.05 bits per heavy atom. The number of rotatable bonds is 4. The van der Waals surface area contributed by atoms with Gasteiger partial charge in [0.1, 0.15) is 0 Å². The van der Waals surface area contributed by atoms with E-state index < -0.39 is 17.5 Å². The third-order valence-corrected chi connectivity index (χ3v) is 5.10. The molecular formula is C17H24F3N. The molecule has 1 aromatic rings. The summed E-state index contributed by atoms with van der Waals surface area (Å²) in [5.74, 6) is -2.99. The van der Waals surface area contributed by atoms with Crippen molar-refractivity contribution in [2.75, 3.05) is 5.32 Å². The number of anilines is 1. The molecule has 0 aliphatic heterocycles. The fourth-order valence-corrected chi connectivity index (χ4v) is 3.18. The Balaban J connectivity index is 1.95. The molecule has 0 bridgehead atoms. The van der Waals surface area contributed by atoms with Crippen molar-refractivity contribution in [1.82, 2.24) is 0 Å². The van der Waals surface area contributed by atoms with E-state index in [1.165, 1.54) is 0 Å². The van der Waals surface area contributed by atoms with Crippen LogP contribution in [0.25, 0.3) is 0 Å². The largest absolute Gasteiger partial charge is 0.382 e. The highest BCUT2D eigenvalue weighted by Crippen LogP contribution is 2.40.